The molecule has 0 aliphatic heterocycles. The molecule has 0 atom stereocenters. The molecule has 4 nitrogen and oxygen atoms in total. The predicted molar refractivity (Wildman–Crippen MR) is 73.2 cm³/mol. The number of nitrogens with two attached hydrogens (primary N) is 1. The zero-order valence-corrected chi connectivity index (χ0v) is 12.3. The molecular weight excluding hydrogens is 304 g/mol. The van der Waals surface area contributed by atoms with Crippen molar-refractivity contribution in [2.75, 3.05) is 12.3 Å². The highest BCUT2D eigenvalue weighted by molar-refractivity contribution is 9.10. The standard InChI is InChI=1S/C11H17BrN2O2S/c1-8(2)5-6-14-17(15,16)11-4-3-9(12)7-10(11)13/h3-4,7-8,14H,5-6,13H2,1-2H3. The van der Waals surface area contributed by atoms with Crippen molar-refractivity contribution in [2.24, 2.45) is 5.92 Å². The summed E-state index contributed by atoms with van der Waals surface area (Å²) in [6.07, 6.45) is 0.801. The number of nitrogens with one attached hydrogen (secondary N) is 1. The first kappa shape index (κ1) is 14.5. The first-order valence-electron chi connectivity index (χ1n) is 5.37. The zero-order valence-electron chi connectivity index (χ0n) is 9.90. The van der Waals surface area contributed by atoms with Gasteiger partial charge in [0.25, 0.3) is 0 Å². The Labute approximate surface area is 111 Å². The molecule has 6 heteroatoms. The number of rotatable bonds is 5. The number of anilines is 1. The van der Waals surface area contributed by atoms with Gasteiger partial charge in [-0.1, -0.05) is 29.8 Å². The van der Waals surface area contributed by atoms with Crippen LogP contribution in [-0.2, 0) is 10.0 Å². The SMILES string of the molecule is CC(C)CCNS(=O)(=O)c1ccc(Br)cc1N. The number of nitrogen functional groups attached to an aromatic ring is 1. The number of hydrogen-bond acceptors (Lipinski definition) is 3. The van der Waals surface area contributed by atoms with Crippen LogP contribution >= 0.6 is 15.9 Å². The van der Waals surface area contributed by atoms with Crippen molar-refractivity contribution in [3.05, 3.63) is 22.7 Å². The molecule has 0 aromatic heterocycles. The minimum Gasteiger partial charge on any atom is -0.398 e. The highest BCUT2D eigenvalue weighted by atomic mass is 79.9. The molecule has 17 heavy (non-hydrogen) atoms. The van der Waals surface area contributed by atoms with Crippen molar-refractivity contribution in [1.29, 1.82) is 0 Å². The van der Waals surface area contributed by atoms with Gasteiger partial charge in [-0.3, -0.25) is 0 Å². The molecule has 0 saturated carbocycles. The Balaban J connectivity index is 2.83. The van der Waals surface area contributed by atoms with Gasteiger partial charge < -0.3 is 5.73 Å². The fraction of sp³-hybridized carbons (Fsp3) is 0.455. The third-order valence-corrected chi connectivity index (χ3v) is 4.30. The van der Waals surface area contributed by atoms with Crippen molar-refractivity contribution in [2.45, 2.75) is 25.2 Å². The Hall–Kier alpha value is -0.590. The molecular formula is C11H17BrN2O2S. The summed E-state index contributed by atoms with van der Waals surface area (Å²) in [7, 11) is -3.50. The summed E-state index contributed by atoms with van der Waals surface area (Å²) >= 11 is 3.24. The van der Waals surface area contributed by atoms with Crippen LogP contribution in [0.3, 0.4) is 0 Å². The smallest absolute Gasteiger partial charge is 0.242 e. The molecule has 0 fully saturated rings. The van der Waals surface area contributed by atoms with E-state index >= 15 is 0 Å². The van der Waals surface area contributed by atoms with E-state index in [1.165, 1.54) is 6.07 Å². The fourth-order valence-electron chi connectivity index (χ4n) is 1.32. The molecule has 1 rings (SSSR count). The van der Waals surface area contributed by atoms with E-state index in [2.05, 4.69) is 20.7 Å². The molecule has 0 heterocycles. The lowest BCUT2D eigenvalue weighted by Gasteiger charge is -2.10. The quantitative estimate of drug-likeness (QED) is 0.818. The zero-order chi connectivity index (χ0) is 13.1. The van der Waals surface area contributed by atoms with Gasteiger partial charge in [0, 0.05) is 11.0 Å². The van der Waals surface area contributed by atoms with Crippen molar-refractivity contribution in [3.63, 3.8) is 0 Å². The average Bonchev–Trinajstić information content (AvgIpc) is 2.15. The Kier molecular flexibility index (Phi) is 4.97. The summed E-state index contributed by atoms with van der Waals surface area (Å²) in [6.45, 7) is 4.51. The maximum absolute atomic E-state index is 11.9. The molecule has 0 saturated heterocycles. The van der Waals surface area contributed by atoms with E-state index in [0.29, 0.717) is 12.5 Å². The monoisotopic (exact) mass is 320 g/mol. The summed E-state index contributed by atoms with van der Waals surface area (Å²) in [6, 6.07) is 4.74. The number of benzene rings is 1. The Bertz CT molecular complexity index is 486. The van der Waals surface area contributed by atoms with Crippen LogP contribution in [0.15, 0.2) is 27.6 Å². The van der Waals surface area contributed by atoms with Gasteiger partial charge in [0.15, 0.2) is 0 Å². The van der Waals surface area contributed by atoms with Crippen molar-refractivity contribution in [1.82, 2.24) is 4.72 Å². The van der Waals surface area contributed by atoms with Crippen molar-refractivity contribution < 1.29 is 8.42 Å². The van der Waals surface area contributed by atoms with E-state index in [1.54, 1.807) is 12.1 Å². The highest BCUT2D eigenvalue weighted by Gasteiger charge is 2.16. The van der Waals surface area contributed by atoms with Crippen LogP contribution < -0.4 is 10.5 Å². The van der Waals surface area contributed by atoms with Crippen LogP contribution in [0, 0.1) is 5.92 Å². The molecule has 0 aliphatic carbocycles. The molecule has 96 valence electrons. The maximum Gasteiger partial charge on any atom is 0.242 e. The van der Waals surface area contributed by atoms with Crippen LogP contribution in [0.25, 0.3) is 0 Å². The normalized spacial score (nSPS) is 12.0. The molecule has 0 aliphatic rings. The van der Waals surface area contributed by atoms with Crippen LogP contribution in [0.2, 0.25) is 0 Å². The molecule has 1 aromatic carbocycles. The van der Waals surface area contributed by atoms with E-state index in [-0.39, 0.29) is 10.6 Å². The number of sulfonamides is 1. The molecule has 0 spiro atoms. The Morgan fingerprint density at radius 1 is 1.41 bits per heavy atom. The van der Waals surface area contributed by atoms with Crippen LogP contribution in [0.4, 0.5) is 5.69 Å². The summed E-state index contributed by atoms with van der Waals surface area (Å²) in [5.74, 6) is 0.458. The fourth-order valence-corrected chi connectivity index (χ4v) is 2.86. The summed E-state index contributed by atoms with van der Waals surface area (Å²) < 4.78 is 27.2. The van der Waals surface area contributed by atoms with Gasteiger partial charge in [-0.05, 0) is 30.5 Å². The summed E-state index contributed by atoms with van der Waals surface area (Å²) in [5, 5.41) is 0. The van der Waals surface area contributed by atoms with Gasteiger partial charge in [-0.2, -0.15) is 0 Å². The minimum atomic E-state index is -3.50. The van der Waals surface area contributed by atoms with Gasteiger partial charge in [0.2, 0.25) is 10.0 Å². The van der Waals surface area contributed by atoms with Crippen molar-refractivity contribution >= 4 is 31.6 Å². The highest BCUT2D eigenvalue weighted by Crippen LogP contribution is 2.22. The average molecular weight is 321 g/mol. The van der Waals surface area contributed by atoms with E-state index in [9.17, 15) is 8.42 Å². The first-order chi connectivity index (χ1) is 7.83. The van der Waals surface area contributed by atoms with Crippen LogP contribution in [-0.4, -0.2) is 15.0 Å². The lowest BCUT2D eigenvalue weighted by molar-refractivity contribution is 0.552. The molecule has 0 radical (unpaired) electrons. The molecule has 0 bridgehead atoms. The second kappa shape index (κ2) is 5.84. The van der Waals surface area contributed by atoms with Gasteiger partial charge >= 0.3 is 0 Å². The van der Waals surface area contributed by atoms with Crippen LogP contribution in [0.1, 0.15) is 20.3 Å². The topological polar surface area (TPSA) is 72.2 Å². The lowest BCUT2D eigenvalue weighted by atomic mass is 10.1. The third-order valence-electron chi connectivity index (χ3n) is 2.28. The first-order valence-corrected chi connectivity index (χ1v) is 7.65. The van der Waals surface area contributed by atoms with Gasteiger partial charge in [-0.15, -0.1) is 0 Å². The minimum absolute atomic E-state index is 0.129. The van der Waals surface area contributed by atoms with Crippen LogP contribution in [0.5, 0.6) is 0 Å². The van der Waals surface area contributed by atoms with E-state index in [1.807, 2.05) is 13.8 Å². The molecule has 1 aromatic rings. The summed E-state index contributed by atoms with van der Waals surface area (Å²) in [4.78, 5) is 0.129. The van der Waals surface area contributed by atoms with E-state index < -0.39 is 10.0 Å². The lowest BCUT2D eigenvalue weighted by Crippen LogP contribution is -2.26. The molecule has 0 amide bonds. The molecule has 3 N–H and O–H groups in total. The van der Waals surface area contributed by atoms with Crippen molar-refractivity contribution in [3.8, 4) is 0 Å². The second-order valence-corrected chi connectivity index (χ2v) is 6.91. The van der Waals surface area contributed by atoms with Gasteiger partial charge in [0.05, 0.1) is 5.69 Å². The predicted octanol–water partition coefficient (Wildman–Crippen LogP) is 2.36. The number of halogens is 1. The van der Waals surface area contributed by atoms with E-state index in [4.69, 9.17) is 5.73 Å². The summed E-state index contributed by atoms with van der Waals surface area (Å²) in [5.41, 5.74) is 5.94. The van der Waals surface area contributed by atoms with E-state index in [0.717, 1.165) is 10.9 Å². The number of hydrogen-bond donors (Lipinski definition) is 2. The van der Waals surface area contributed by atoms with Gasteiger partial charge in [-0.25, -0.2) is 13.1 Å². The second-order valence-electron chi connectivity index (χ2n) is 4.26. The molecule has 0 unspecified atom stereocenters. The van der Waals surface area contributed by atoms with Gasteiger partial charge in [0.1, 0.15) is 4.90 Å². The maximum atomic E-state index is 11.9. The largest absolute Gasteiger partial charge is 0.398 e. The third kappa shape index (κ3) is 4.29. The Morgan fingerprint density at radius 2 is 2.06 bits per heavy atom. The Morgan fingerprint density at radius 3 is 2.59 bits per heavy atom.